The van der Waals surface area contributed by atoms with Gasteiger partial charge in [0.1, 0.15) is 11.6 Å². The van der Waals surface area contributed by atoms with Gasteiger partial charge in [0, 0.05) is 24.3 Å². The molecular weight excluding hydrogens is 197 g/mol. The Morgan fingerprint density at radius 3 is 2.60 bits per heavy atom. The molecule has 0 aliphatic rings. The Morgan fingerprint density at radius 2 is 2.07 bits per heavy atom. The molecule has 0 spiro atoms. The summed E-state index contributed by atoms with van der Waals surface area (Å²) in [6, 6.07) is 4.79. The number of hydrogen-bond donors (Lipinski definition) is 0. The number of methoxy groups -OCH3 is 2. The van der Waals surface area contributed by atoms with E-state index in [4.69, 9.17) is 14.7 Å². The fourth-order valence-electron chi connectivity index (χ4n) is 1.33. The van der Waals surface area contributed by atoms with Gasteiger partial charge in [-0.3, -0.25) is 0 Å². The average molecular weight is 209 g/mol. The van der Waals surface area contributed by atoms with E-state index in [0.717, 1.165) is 5.56 Å². The highest BCUT2D eigenvalue weighted by molar-refractivity contribution is 5.38. The molecule has 80 valence electrons. The van der Waals surface area contributed by atoms with Crippen molar-refractivity contribution in [3.8, 4) is 11.8 Å². The fourth-order valence-corrected chi connectivity index (χ4v) is 1.33. The van der Waals surface area contributed by atoms with Crippen molar-refractivity contribution >= 4 is 0 Å². The summed E-state index contributed by atoms with van der Waals surface area (Å²) >= 11 is 0. The van der Waals surface area contributed by atoms with E-state index < -0.39 is 5.82 Å². The number of nitriles is 1. The molecule has 1 aromatic rings. The zero-order valence-electron chi connectivity index (χ0n) is 8.71. The molecule has 0 atom stereocenters. The summed E-state index contributed by atoms with van der Waals surface area (Å²) in [6.07, 6.45) is 0.0482. The van der Waals surface area contributed by atoms with Crippen LogP contribution in [0.25, 0.3) is 0 Å². The van der Waals surface area contributed by atoms with Gasteiger partial charge in [-0.15, -0.1) is 0 Å². The summed E-state index contributed by atoms with van der Waals surface area (Å²) in [4.78, 5) is 0. The second kappa shape index (κ2) is 5.32. The molecular formula is C11H12FNO2. The smallest absolute Gasteiger partial charge is 0.131 e. The maximum Gasteiger partial charge on any atom is 0.131 e. The molecule has 0 amide bonds. The van der Waals surface area contributed by atoms with Gasteiger partial charge in [0.2, 0.25) is 0 Å². The molecule has 0 unspecified atom stereocenters. The number of benzene rings is 1. The highest BCUT2D eigenvalue weighted by Crippen LogP contribution is 2.23. The number of ether oxygens (including phenoxy) is 2. The maximum absolute atomic E-state index is 13.4. The van der Waals surface area contributed by atoms with Crippen molar-refractivity contribution in [1.82, 2.24) is 0 Å². The topological polar surface area (TPSA) is 42.2 Å². The Balaban J connectivity index is 3.12. The predicted molar refractivity (Wildman–Crippen MR) is 53.0 cm³/mol. The second-order valence-corrected chi connectivity index (χ2v) is 3.02. The zero-order chi connectivity index (χ0) is 11.3. The van der Waals surface area contributed by atoms with Crippen LogP contribution < -0.4 is 4.74 Å². The van der Waals surface area contributed by atoms with Crippen molar-refractivity contribution in [1.29, 1.82) is 5.26 Å². The summed E-state index contributed by atoms with van der Waals surface area (Å²) in [5, 5.41) is 8.51. The molecule has 0 saturated heterocycles. The van der Waals surface area contributed by atoms with Crippen molar-refractivity contribution in [2.75, 3.05) is 14.2 Å². The fraction of sp³-hybridized carbons (Fsp3) is 0.364. The minimum absolute atomic E-state index is 0.0482. The standard InChI is InChI=1S/C11H12FNO2/c1-14-7-9-5-8(3-4-13)10(12)6-11(9)15-2/h5-6H,3,7H2,1-2H3. The van der Waals surface area contributed by atoms with E-state index in [1.165, 1.54) is 13.2 Å². The van der Waals surface area contributed by atoms with Gasteiger partial charge in [-0.25, -0.2) is 4.39 Å². The van der Waals surface area contributed by atoms with Crippen LogP contribution in [0.4, 0.5) is 4.39 Å². The lowest BCUT2D eigenvalue weighted by molar-refractivity contribution is 0.181. The van der Waals surface area contributed by atoms with Gasteiger partial charge in [-0.2, -0.15) is 5.26 Å². The van der Waals surface area contributed by atoms with Crippen LogP contribution in [0.3, 0.4) is 0 Å². The van der Waals surface area contributed by atoms with Gasteiger partial charge in [-0.05, 0) is 6.07 Å². The van der Waals surface area contributed by atoms with Crippen molar-refractivity contribution < 1.29 is 13.9 Å². The third kappa shape index (κ3) is 2.67. The summed E-state index contributed by atoms with van der Waals surface area (Å²) < 4.78 is 23.3. The van der Waals surface area contributed by atoms with Gasteiger partial charge >= 0.3 is 0 Å². The molecule has 0 aliphatic carbocycles. The Labute approximate surface area is 88.0 Å². The van der Waals surface area contributed by atoms with Gasteiger partial charge in [-0.1, -0.05) is 0 Å². The molecule has 1 rings (SSSR count). The van der Waals surface area contributed by atoms with Crippen molar-refractivity contribution in [2.45, 2.75) is 13.0 Å². The molecule has 0 N–H and O–H groups in total. The van der Waals surface area contributed by atoms with Crippen molar-refractivity contribution in [3.05, 3.63) is 29.1 Å². The molecule has 4 heteroatoms. The van der Waals surface area contributed by atoms with Crippen LogP contribution in [0, 0.1) is 17.1 Å². The molecule has 0 saturated carbocycles. The molecule has 0 bridgehead atoms. The van der Waals surface area contributed by atoms with Crippen LogP contribution in [-0.2, 0) is 17.8 Å². The summed E-state index contributed by atoms with van der Waals surface area (Å²) in [6.45, 7) is 0.335. The lowest BCUT2D eigenvalue weighted by Crippen LogP contribution is -1.98. The number of nitrogens with zero attached hydrogens (tertiary/aromatic N) is 1. The molecule has 1 aromatic carbocycles. The number of halogens is 1. The van der Waals surface area contributed by atoms with Gasteiger partial charge in [0.15, 0.2) is 0 Å². The van der Waals surface area contributed by atoms with E-state index in [2.05, 4.69) is 0 Å². The van der Waals surface area contributed by atoms with Crippen LogP contribution in [0.2, 0.25) is 0 Å². The quantitative estimate of drug-likeness (QED) is 0.762. The first-order chi connectivity index (χ1) is 7.22. The van der Waals surface area contributed by atoms with Gasteiger partial charge in [0.05, 0.1) is 26.2 Å². The minimum atomic E-state index is -0.423. The van der Waals surface area contributed by atoms with Crippen LogP contribution in [0.15, 0.2) is 12.1 Å². The second-order valence-electron chi connectivity index (χ2n) is 3.02. The Hall–Kier alpha value is -1.60. The first kappa shape index (κ1) is 11.5. The summed E-state index contributed by atoms with van der Waals surface area (Å²) in [5.74, 6) is 0.0179. The lowest BCUT2D eigenvalue weighted by atomic mass is 10.1. The van der Waals surface area contributed by atoms with E-state index in [1.54, 1.807) is 13.2 Å². The van der Waals surface area contributed by atoms with E-state index in [-0.39, 0.29) is 6.42 Å². The highest BCUT2D eigenvalue weighted by Gasteiger charge is 2.09. The first-order valence-electron chi connectivity index (χ1n) is 4.44. The van der Waals surface area contributed by atoms with E-state index in [0.29, 0.717) is 17.9 Å². The molecule has 0 aliphatic heterocycles. The van der Waals surface area contributed by atoms with E-state index in [9.17, 15) is 4.39 Å². The highest BCUT2D eigenvalue weighted by atomic mass is 19.1. The molecule has 0 aromatic heterocycles. The first-order valence-corrected chi connectivity index (χ1v) is 4.44. The summed E-state index contributed by atoms with van der Waals surface area (Å²) in [5.41, 5.74) is 1.11. The average Bonchev–Trinajstić information content (AvgIpc) is 2.23. The maximum atomic E-state index is 13.4. The Bertz CT molecular complexity index is 385. The van der Waals surface area contributed by atoms with Gasteiger partial charge in [0.25, 0.3) is 0 Å². The number of hydrogen-bond acceptors (Lipinski definition) is 3. The monoisotopic (exact) mass is 209 g/mol. The van der Waals surface area contributed by atoms with Crippen LogP contribution >= 0.6 is 0 Å². The molecule has 0 heterocycles. The van der Waals surface area contributed by atoms with Crippen LogP contribution in [-0.4, -0.2) is 14.2 Å². The number of rotatable bonds is 4. The van der Waals surface area contributed by atoms with E-state index in [1.807, 2.05) is 6.07 Å². The van der Waals surface area contributed by atoms with Crippen LogP contribution in [0.5, 0.6) is 5.75 Å². The largest absolute Gasteiger partial charge is 0.496 e. The summed E-state index contributed by atoms with van der Waals surface area (Å²) in [7, 11) is 3.02. The minimum Gasteiger partial charge on any atom is -0.496 e. The predicted octanol–water partition coefficient (Wildman–Crippen LogP) is 2.05. The molecule has 15 heavy (non-hydrogen) atoms. The van der Waals surface area contributed by atoms with Crippen molar-refractivity contribution in [2.24, 2.45) is 0 Å². The SMILES string of the molecule is COCc1cc(CC#N)c(F)cc1OC. The van der Waals surface area contributed by atoms with Gasteiger partial charge < -0.3 is 9.47 Å². The third-order valence-corrected chi connectivity index (χ3v) is 2.02. The lowest BCUT2D eigenvalue weighted by Gasteiger charge is -2.09. The third-order valence-electron chi connectivity index (χ3n) is 2.02. The van der Waals surface area contributed by atoms with E-state index >= 15 is 0 Å². The normalized spacial score (nSPS) is 9.73. The van der Waals surface area contributed by atoms with Crippen molar-refractivity contribution in [3.63, 3.8) is 0 Å². The Kier molecular flexibility index (Phi) is 4.07. The van der Waals surface area contributed by atoms with Crippen LogP contribution in [0.1, 0.15) is 11.1 Å². The Morgan fingerprint density at radius 1 is 1.33 bits per heavy atom. The molecule has 3 nitrogen and oxygen atoms in total. The zero-order valence-corrected chi connectivity index (χ0v) is 8.71. The molecule has 0 radical (unpaired) electrons. The molecule has 0 fully saturated rings.